The highest BCUT2D eigenvalue weighted by atomic mass is 16.5. The zero-order valence-electron chi connectivity index (χ0n) is 10.6. The molecule has 2 N–H and O–H groups in total. The minimum Gasteiger partial charge on any atom is -0.383 e. The Balaban J connectivity index is 2.40. The zero-order chi connectivity index (χ0) is 12.0. The molecule has 0 radical (unpaired) electrons. The average molecular weight is 228 g/mol. The summed E-state index contributed by atoms with van der Waals surface area (Å²) in [7, 11) is 1.68. The summed E-state index contributed by atoms with van der Waals surface area (Å²) in [6, 6.07) is 0.162. The van der Waals surface area contributed by atoms with Crippen molar-refractivity contribution in [2.45, 2.75) is 32.7 Å². The first kappa shape index (κ1) is 13.5. The molecule has 0 bridgehead atoms. The molecular weight excluding hydrogens is 204 g/mol. The lowest BCUT2D eigenvalue weighted by molar-refractivity contribution is -0.126. The van der Waals surface area contributed by atoms with Crippen LogP contribution in [0.3, 0.4) is 0 Å². The van der Waals surface area contributed by atoms with Gasteiger partial charge in [-0.25, -0.2) is 0 Å². The highest BCUT2D eigenvalue weighted by Gasteiger charge is 2.30. The maximum atomic E-state index is 12.0. The van der Waals surface area contributed by atoms with Crippen LogP contribution in [-0.4, -0.2) is 38.8 Å². The van der Waals surface area contributed by atoms with Gasteiger partial charge in [0.25, 0.3) is 0 Å². The maximum Gasteiger partial charge on any atom is 0.225 e. The van der Waals surface area contributed by atoms with Gasteiger partial charge in [-0.05, 0) is 18.9 Å². The number of ether oxygens (including phenoxy) is 1. The summed E-state index contributed by atoms with van der Waals surface area (Å²) < 4.78 is 5.12. The summed E-state index contributed by atoms with van der Waals surface area (Å²) in [4.78, 5) is 12.0. The second-order valence-corrected chi connectivity index (χ2v) is 4.69. The fraction of sp³-hybridized carbons (Fsp3) is 0.917. The number of hydrogen-bond acceptors (Lipinski definition) is 3. The van der Waals surface area contributed by atoms with E-state index in [1.165, 1.54) is 0 Å². The summed E-state index contributed by atoms with van der Waals surface area (Å²) in [6.07, 6.45) is 2.04. The van der Waals surface area contributed by atoms with Crippen LogP contribution in [0, 0.1) is 11.8 Å². The molecule has 4 heteroatoms. The number of methoxy groups -OCH3 is 1. The van der Waals surface area contributed by atoms with E-state index < -0.39 is 0 Å². The first-order valence-electron chi connectivity index (χ1n) is 6.19. The maximum absolute atomic E-state index is 12.0. The minimum absolute atomic E-state index is 0.121. The van der Waals surface area contributed by atoms with E-state index in [0.717, 1.165) is 25.9 Å². The Bertz CT molecular complexity index is 215. The largest absolute Gasteiger partial charge is 0.383 e. The molecule has 0 aliphatic carbocycles. The van der Waals surface area contributed by atoms with Gasteiger partial charge in [0.05, 0.1) is 18.6 Å². The Morgan fingerprint density at radius 3 is 2.81 bits per heavy atom. The van der Waals surface area contributed by atoms with Gasteiger partial charge in [-0.3, -0.25) is 4.79 Å². The fourth-order valence-corrected chi connectivity index (χ4v) is 2.22. The number of hydrogen-bond donors (Lipinski definition) is 2. The van der Waals surface area contributed by atoms with E-state index in [1.807, 2.05) is 0 Å². The molecule has 1 heterocycles. The molecule has 0 aromatic heterocycles. The van der Waals surface area contributed by atoms with E-state index in [2.05, 4.69) is 24.5 Å². The predicted molar refractivity (Wildman–Crippen MR) is 64.2 cm³/mol. The van der Waals surface area contributed by atoms with Gasteiger partial charge in [0.15, 0.2) is 0 Å². The van der Waals surface area contributed by atoms with Crippen molar-refractivity contribution in [2.75, 3.05) is 26.8 Å². The number of carbonyl (C=O) groups is 1. The zero-order valence-corrected chi connectivity index (χ0v) is 10.6. The molecule has 1 aliphatic heterocycles. The van der Waals surface area contributed by atoms with Crippen molar-refractivity contribution in [1.29, 1.82) is 0 Å². The molecule has 3 atom stereocenters. The smallest absolute Gasteiger partial charge is 0.225 e. The summed E-state index contributed by atoms with van der Waals surface area (Å²) in [6.45, 7) is 6.59. The molecule has 1 saturated heterocycles. The van der Waals surface area contributed by atoms with Gasteiger partial charge in [0, 0.05) is 13.7 Å². The Labute approximate surface area is 98.1 Å². The van der Waals surface area contributed by atoms with Crippen LogP contribution in [0.15, 0.2) is 0 Å². The monoisotopic (exact) mass is 228 g/mol. The molecule has 16 heavy (non-hydrogen) atoms. The molecule has 1 rings (SSSR count). The molecule has 3 unspecified atom stereocenters. The van der Waals surface area contributed by atoms with Crippen LogP contribution >= 0.6 is 0 Å². The quantitative estimate of drug-likeness (QED) is 0.706. The topological polar surface area (TPSA) is 50.4 Å². The van der Waals surface area contributed by atoms with Gasteiger partial charge in [-0.1, -0.05) is 20.3 Å². The van der Waals surface area contributed by atoms with Crippen molar-refractivity contribution in [2.24, 2.45) is 11.8 Å². The number of rotatable bonds is 6. The van der Waals surface area contributed by atoms with Crippen molar-refractivity contribution in [3.8, 4) is 0 Å². The summed E-state index contributed by atoms with van der Waals surface area (Å²) in [5.74, 6) is 0.731. The van der Waals surface area contributed by atoms with Crippen molar-refractivity contribution >= 4 is 5.91 Å². The first-order valence-corrected chi connectivity index (χ1v) is 6.19. The van der Waals surface area contributed by atoms with Gasteiger partial charge in [-0.2, -0.15) is 0 Å². The normalized spacial score (nSPS) is 26.7. The molecule has 0 saturated carbocycles. The van der Waals surface area contributed by atoms with Crippen molar-refractivity contribution in [3.63, 3.8) is 0 Å². The Morgan fingerprint density at radius 2 is 2.31 bits per heavy atom. The van der Waals surface area contributed by atoms with Crippen molar-refractivity contribution in [3.05, 3.63) is 0 Å². The van der Waals surface area contributed by atoms with E-state index in [4.69, 9.17) is 4.74 Å². The van der Waals surface area contributed by atoms with E-state index in [0.29, 0.717) is 12.5 Å². The van der Waals surface area contributed by atoms with Crippen LogP contribution in [0.25, 0.3) is 0 Å². The number of nitrogens with one attached hydrogen (secondary N) is 2. The van der Waals surface area contributed by atoms with E-state index >= 15 is 0 Å². The molecule has 1 fully saturated rings. The fourth-order valence-electron chi connectivity index (χ4n) is 2.22. The van der Waals surface area contributed by atoms with Crippen LogP contribution in [0.4, 0.5) is 0 Å². The van der Waals surface area contributed by atoms with Gasteiger partial charge in [0.1, 0.15) is 0 Å². The summed E-state index contributed by atoms with van der Waals surface area (Å²) >= 11 is 0. The van der Waals surface area contributed by atoms with Crippen LogP contribution in [-0.2, 0) is 9.53 Å². The molecule has 0 aromatic carbocycles. The Hall–Kier alpha value is -0.610. The third-order valence-corrected chi connectivity index (χ3v) is 3.21. The van der Waals surface area contributed by atoms with Gasteiger partial charge in [0.2, 0.25) is 5.91 Å². The molecule has 1 amide bonds. The molecular formula is C12H24N2O2. The van der Waals surface area contributed by atoms with Gasteiger partial charge < -0.3 is 15.4 Å². The molecule has 0 spiro atoms. The number of amides is 1. The second kappa shape index (κ2) is 6.86. The van der Waals surface area contributed by atoms with Crippen molar-refractivity contribution < 1.29 is 9.53 Å². The standard InChI is InChI=1S/C12H24N2O2/c1-4-5-10(8-16-3)14-12(15)11-7-13-6-9(11)2/h9-11,13H,4-8H2,1-3H3,(H,14,15). The third kappa shape index (κ3) is 3.76. The molecule has 0 aromatic rings. The second-order valence-electron chi connectivity index (χ2n) is 4.69. The number of carbonyl (C=O) groups excluding carboxylic acids is 1. The minimum atomic E-state index is 0.121. The van der Waals surface area contributed by atoms with Crippen LogP contribution in [0.5, 0.6) is 0 Å². The molecule has 94 valence electrons. The Morgan fingerprint density at radius 1 is 1.56 bits per heavy atom. The van der Waals surface area contributed by atoms with Crippen molar-refractivity contribution in [1.82, 2.24) is 10.6 Å². The lowest BCUT2D eigenvalue weighted by Gasteiger charge is -2.21. The SMILES string of the molecule is CCCC(COC)NC(=O)C1CNCC1C. The highest BCUT2D eigenvalue weighted by Crippen LogP contribution is 2.16. The Kier molecular flexibility index (Phi) is 5.77. The lowest BCUT2D eigenvalue weighted by Crippen LogP contribution is -2.43. The van der Waals surface area contributed by atoms with Gasteiger partial charge >= 0.3 is 0 Å². The van der Waals surface area contributed by atoms with E-state index in [9.17, 15) is 4.79 Å². The predicted octanol–water partition coefficient (Wildman–Crippen LogP) is 0.773. The lowest BCUT2D eigenvalue weighted by atomic mass is 9.97. The summed E-state index contributed by atoms with van der Waals surface area (Å²) in [5, 5.41) is 6.34. The van der Waals surface area contributed by atoms with Crippen LogP contribution < -0.4 is 10.6 Å². The first-order chi connectivity index (χ1) is 7.69. The molecule has 1 aliphatic rings. The third-order valence-electron chi connectivity index (χ3n) is 3.21. The van der Waals surface area contributed by atoms with Crippen LogP contribution in [0.1, 0.15) is 26.7 Å². The highest BCUT2D eigenvalue weighted by molar-refractivity contribution is 5.79. The summed E-state index contributed by atoms with van der Waals surface area (Å²) in [5.41, 5.74) is 0. The average Bonchev–Trinajstić information content (AvgIpc) is 2.65. The molecule has 4 nitrogen and oxygen atoms in total. The van der Waals surface area contributed by atoms with E-state index in [-0.39, 0.29) is 17.9 Å². The van der Waals surface area contributed by atoms with E-state index in [1.54, 1.807) is 7.11 Å². The van der Waals surface area contributed by atoms with Gasteiger partial charge in [-0.15, -0.1) is 0 Å². The van der Waals surface area contributed by atoms with Crippen LogP contribution in [0.2, 0.25) is 0 Å².